The van der Waals surface area contributed by atoms with Gasteiger partial charge in [-0.05, 0) is 48.1 Å². The highest BCUT2D eigenvalue weighted by molar-refractivity contribution is 7.07. The molecule has 4 heteroatoms. The summed E-state index contributed by atoms with van der Waals surface area (Å²) in [4.78, 5) is 14.4. The molecule has 1 aromatic rings. The molecule has 1 amide bonds. The molecular weight excluding hydrogens is 232 g/mol. The Bertz CT molecular complexity index is 390. The molecule has 2 unspecified atom stereocenters. The molecule has 2 aliphatic rings. The molecule has 2 atom stereocenters. The molecule has 2 fully saturated rings. The summed E-state index contributed by atoms with van der Waals surface area (Å²) >= 11 is 1.66. The predicted octanol–water partition coefficient (Wildman–Crippen LogP) is 1.77. The van der Waals surface area contributed by atoms with Crippen LogP contribution in [0.1, 0.15) is 31.2 Å². The summed E-state index contributed by atoms with van der Waals surface area (Å²) in [5.41, 5.74) is 7.17. The molecular formula is C13H18N2OS. The Hall–Kier alpha value is -0.870. The molecule has 2 aliphatic heterocycles. The maximum atomic E-state index is 12.3. The predicted molar refractivity (Wildman–Crippen MR) is 68.9 cm³/mol. The highest BCUT2D eigenvalue weighted by atomic mass is 32.1. The van der Waals surface area contributed by atoms with Crippen LogP contribution in [0.25, 0.3) is 0 Å². The van der Waals surface area contributed by atoms with Crippen LogP contribution in [0.3, 0.4) is 0 Å². The third-order valence-electron chi connectivity index (χ3n) is 3.99. The number of amides is 1. The summed E-state index contributed by atoms with van der Waals surface area (Å²) < 4.78 is 0. The van der Waals surface area contributed by atoms with E-state index in [4.69, 9.17) is 5.73 Å². The van der Waals surface area contributed by atoms with E-state index in [0.717, 1.165) is 31.2 Å². The van der Waals surface area contributed by atoms with E-state index in [0.29, 0.717) is 30.5 Å². The van der Waals surface area contributed by atoms with E-state index >= 15 is 0 Å². The maximum Gasteiger partial charge on any atom is 0.227 e. The fourth-order valence-electron chi connectivity index (χ4n) is 3.29. The van der Waals surface area contributed by atoms with Gasteiger partial charge in [-0.25, -0.2) is 0 Å². The summed E-state index contributed by atoms with van der Waals surface area (Å²) in [6.07, 6.45) is 4.84. The Morgan fingerprint density at radius 1 is 1.41 bits per heavy atom. The van der Waals surface area contributed by atoms with Crippen LogP contribution in [0, 0.1) is 0 Å². The van der Waals surface area contributed by atoms with Crippen molar-refractivity contribution in [3.8, 4) is 0 Å². The van der Waals surface area contributed by atoms with Gasteiger partial charge in [0.15, 0.2) is 0 Å². The van der Waals surface area contributed by atoms with Crippen molar-refractivity contribution in [3.63, 3.8) is 0 Å². The third kappa shape index (κ3) is 2.11. The standard InChI is InChI=1S/C13H18N2OS/c14-10-6-11-1-2-12(7-10)15(11)13(16)5-9-3-4-17-8-9/h3-4,8,10-12H,1-2,5-7,14H2. The van der Waals surface area contributed by atoms with Crippen molar-refractivity contribution >= 4 is 17.2 Å². The molecule has 0 radical (unpaired) electrons. The Morgan fingerprint density at radius 3 is 2.71 bits per heavy atom. The van der Waals surface area contributed by atoms with Crippen molar-refractivity contribution in [1.82, 2.24) is 4.90 Å². The van der Waals surface area contributed by atoms with E-state index in [1.807, 2.05) is 11.4 Å². The van der Waals surface area contributed by atoms with Gasteiger partial charge in [-0.15, -0.1) is 0 Å². The zero-order valence-electron chi connectivity index (χ0n) is 9.84. The molecule has 92 valence electrons. The number of hydrogen-bond donors (Lipinski definition) is 1. The van der Waals surface area contributed by atoms with E-state index < -0.39 is 0 Å². The molecule has 0 aromatic carbocycles. The summed E-state index contributed by atoms with van der Waals surface area (Å²) in [7, 11) is 0. The molecule has 3 rings (SSSR count). The fourth-order valence-corrected chi connectivity index (χ4v) is 3.95. The largest absolute Gasteiger partial charge is 0.336 e. The van der Waals surface area contributed by atoms with Gasteiger partial charge in [0.25, 0.3) is 0 Å². The first kappa shape index (κ1) is 11.2. The molecule has 2 bridgehead atoms. The molecule has 3 heterocycles. The Kier molecular flexibility index (Phi) is 2.92. The zero-order chi connectivity index (χ0) is 11.8. The van der Waals surface area contributed by atoms with Gasteiger partial charge in [0.2, 0.25) is 5.91 Å². The van der Waals surface area contributed by atoms with Crippen LogP contribution >= 0.6 is 11.3 Å². The van der Waals surface area contributed by atoms with E-state index in [-0.39, 0.29) is 0 Å². The van der Waals surface area contributed by atoms with Gasteiger partial charge < -0.3 is 10.6 Å². The van der Waals surface area contributed by atoms with Crippen LogP contribution in [0.2, 0.25) is 0 Å². The first-order valence-electron chi connectivity index (χ1n) is 6.32. The van der Waals surface area contributed by atoms with Crippen LogP contribution < -0.4 is 5.73 Å². The van der Waals surface area contributed by atoms with Gasteiger partial charge in [-0.1, -0.05) is 0 Å². The lowest BCUT2D eigenvalue weighted by atomic mass is 9.97. The molecule has 0 saturated carbocycles. The normalized spacial score (nSPS) is 31.8. The fraction of sp³-hybridized carbons (Fsp3) is 0.615. The number of carbonyl (C=O) groups excluding carboxylic acids is 1. The van der Waals surface area contributed by atoms with Gasteiger partial charge in [-0.3, -0.25) is 4.79 Å². The number of nitrogens with two attached hydrogens (primary N) is 1. The molecule has 3 nitrogen and oxygen atoms in total. The topological polar surface area (TPSA) is 46.3 Å². The zero-order valence-corrected chi connectivity index (χ0v) is 10.7. The number of piperidine rings is 1. The minimum Gasteiger partial charge on any atom is -0.336 e. The minimum atomic E-state index is 0.294. The first-order valence-corrected chi connectivity index (χ1v) is 7.26. The van der Waals surface area contributed by atoms with Crippen molar-refractivity contribution < 1.29 is 4.79 Å². The molecule has 0 spiro atoms. The Morgan fingerprint density at radius 2 is 2.12 bits per heavy atom. The van der Waals surface area contributed by atoms with Gasteiger partial charge in [-0.2, -0.15) is 11.3 Å². The Balaban J connectivity index is 1.70. The SMILES string of the molecule is NC1CC2CCC(C1)N2C(=O)Cc1ccsc1. The summed E-state index contributed by atoms with van der Waals surface area (Å²) in [5.74, 6) is 0.294. The lowest BCUT2D eigenvalue weighted by Crippen LogP contribution is -2.50. The lowest BCUT2D eigenvalue weighted by molar-refractivity contribution is -0.135. The number of rotatable bonds is 2. The van der Waals surface area contributed by atoms with E-state index in [1.165, 1.54) is 0 Å². The van der Waals surface area contributed by atoms with Crippen molar-refractivity contribution in [1.29, 1.82) is 0 Å². The second-order valence-electron chi connectivity index (χ2n) is 5.23. The number of carbonyl (C=O) groups is 1. The number of fused-ring (bicyclic) bond motifs is 2. The van der Waals surface area contributed by atoms with Crippen molar-refractivity contribution in [2.45, 2.75) is 50.2 Å². The average Bonchev–Trinajstić information content (AvgIpc) is 2.86. The second-order valence-corrected chi connectivity index (χ2v) is 6.01. The maximum absolute atomic E-state index is 12.3. The van der Waals surface area contributed by atoms with Crippen molar-refractivity contribution in [2.24, 2.45) is 5.73 Å². The van der Waals surface area contributed by atoms with Gasteiger partial charge in [0.1, 0.15) is 0 Å². The summed E-state index contributed by atoms with van der Waals surface area (Å²) in [6, 6.07) is 3.17. The minimum absolute atomic E-state index is 0.294. The number of hydrogen-bond acceptors (Lipinski definition) is 3. The van der Waals surface area contributed by atoms with Crippen LogP contribution in [0.5, 0.6) is 0 Å². The molecule has 2 N–H and O–H groups in total. The smallest absolute Gasteiger partial charge is 0.227 e. The summed E-state index contributed by atoms with van der Waals surface area (Å²) in [6.45, 7) is 0. The van der Waals surface area contributed by atoms with E-state index in [2.05, 4.69) is 10.3 Å². The first-order chi connectivity index (χ1) is 8.24. The molecule has 1 aromatic heterocycles. The highest BCUT2D eigenvalue weighted by Crippen LogP contribution is 2.35. The molecule has 2 saturated heterocycles. The monoisotopic (exact) mass is 250 g/mol. The van der Waals surface area contributed by atoms with Gasteiger partial charge in [0, 0.05) is 18.1 Å². The van der Waals surface area contributed by atoms with Crippen LogP contribution in [-0.2, 0) is 11.2 Å². The van der Waals surface area contributed by atoms with Gasteiger partial charge in [0.05, 0.1) is 6.42 Å². The second kappa shape index (κ2) is 4.42. The van der Waals surface area contributed by atoms with E-state index in [9.17, 15) is 4.79 Å². The molecule has 17 heavy (non-hydrogen) atoms. The lowest BCUT2D eigenvalue weighted by Gasteiger charge is -2.37. The van der Waals surface area contributed by atoms with Crippen LogP contribution in [-0.4, -0.2) is 28.9 Å². The van der Waals surface area contributed by atoms with Crippen molar-refractivity contribution in [2.75, 3.05) is 0 Å². The average molecular weight is 250 g/mol. The van der Waals surface area contributed by atoms with Crippen LogP contribution in [0.15, 0.2) is 16.8 Å². The Labute approximate surface area is 106 Å². The summed E-state index contributed by atoms with van der Waals surface area (Å²) in [5, 5.41) is 4.10. The highest BCUT2D eigenvalue weighted by Gasteiger charge is 2.41. The van der Waals surface area contributed by atoms with Crippen LogP contribution in [0.4, 0.5) is 0 Å². The van der Waals surface area contributed by atoms with Gasteiger partial charge >= 0.3 is 0 Å². The third-order valence-corrected chi connectivity index (χ3v) is 4.73. The number of thiophene rings is 1. The van der Waals surface area contributed by atoms with Crippen molar-refractivity contribution in [3.05, 3.63) is 22.4 Å². The quantitative estimate of drug-likeness (QED) is 0.869. The molecule has 0 aliphatic carbocycles. The van der Waals surface area contributed by atoms with E-state index in [1.54, 1.807) is 11.3 Å². The number of nitrogens with zero attached hydrogens (tertiary/aromatic N) is 1.